The number of unbranched alkanes of at least 4 members (excludes halogenated alkanes) is 12. The van der Waals surface area contributed by atoms with Crippen molar-refractivity contribution in [2.75, 3.05) is 13.2 Å². The molecule has 0 aromatic rings. The maximum absolute atomic E-state index is 11.9. The Hall–Kier alpha value is -1.06. The molecule has 0 aliphatic carbocycles. The highest BCUT2D eigenvalue weighted by Gasteiger charge is 2.13. The van der Waals surface area contributed by atoms with Gasteiger partial charge in [0.25, 0.3) is 0 Å². The minimum absolute atomic E-state index is 0.00675. The van der Waals surface area contributed by atoms with E-state index in [1.165, 1.54) is 44.9 Å². The molecule has 0 bridgehead atoms. The number of esters is 2. The number of hydrogen-bond donors (Lipinski definition) is 0. The van der Waals surface area contributed by atoms with Crippen LogP contribution in [-0.2, 0) is 19.1 Å². The average molecular weight is 441 g/mol. The maximum Gasteiger partial charge on any atom is 0.306 e. The van der Waals surface area contributed by atoms with Gasteiger partial charge in [0.2, 0.25) is 0 Å². The summed E-state index contributed by atoms with van der Waals surface area (Å²) < 4.78 is 10.6. The number of hydrogen-bond acceptors (Lipinski definition) is 4. The fraction of sp³-hybridized carbons (Fsp3) is 0.926. The van der Waals surface area contributed by atoms with Crippen molar-refractivity contribution in [1.82, 2.24) is 0 Å². The topological polar surface area (TPSA) is 52.6 Å². The van der Waals surface area contributed by atoms with Gasteiger partial charge in [0.05, 0.1) is 13.2 Å². The summed E-state index contributed by atoms with van der Waals surface area (Å²) >= 11 is 0. The van der Waals surface area contributed by atoms with Gasteiger partial charge in [0, 0.05) is 12.8 Å². The zero-order chi connectivity index (χ0) is 23.0. The summed E-state index contributed by atoms with van der Waals surface area (Å²) in [5.74, 6) is 0.455. The quantitative estimate of drug-likeness (QED) is 0.119. The van der Waals surface area contributed by atoms with E-state index in [1.807, 2.05) is 0 Å². The van der Waals surface area contributed by atoms with E-state index in [2.05, 4.69) is 20.8 Å². The van der Waals surface area contributed by atoms with Crippen LogP contribution in [0.3, 0.4) is 0 Å². The second-order valence-electron chi connectivity index (χ2n) is 9.05. The van der Waals surface area contributed by atoms with E-state index in [9.17, 15) is 9.59 Å². The lowest BCUT2D eigenvalue weighted by atomic mass is 9.95. The summed E-state index contributed by atoms with van der Waals surface area (Å²) in [5, 5.41) is 0. The Bertz CT molecular complexity index is 408. The summed E-state index contributed by atoms with van der Waals surface area (Å²) in [6.07, 6.45) is 20.9. The molecule has 0 saturated heterocycles. The second kappa shape index (κ2) is 23.6. The zero-order valence-corrected chi connectivity index (χ0v) is 21.1. The Morgan fingerprint density at radius 1 is 0.581 bits per heavy atom. The Kier molecular flexibility index (Phi) is 22.8. The van der Waals surface area contributed by atoms with Gasteiger partial charge in [-0.2, -0.15) is 0 Å². The lowest BCUT2D eigenvalue weighted by molar-refractivity contribution is -0.145. The average Bonchev–Trinajstić information content (AvgIpc) is 2.77. The van der Waals surface area contributed by atoms with Crippen LogP contribution in [0.15, 0.2) is 0 Å². The van der Waals surface area contributed by atoms with Crippen molar-refractivity contribution in [1.29, 1.82) is 0 Å². The molecule has 0 aliphatic heterocycles. The van der Waals surface area contributed by atoms with Gasteiger partial charge in [0.15, 0.2) is 0 Å². The lowest BCUT2D eigenvalue weighted by Gasteiger charge is -2.14. The molecule has 0 aromatic heterocycles. The van der Waals surface area contributed by atoms with Crippen molar-refractivity contribution in [3.8, 4) is 0 Å². The number of rotatable bonds is 23. The Morgan fingerprint density at radius 3 is 1.58 bits per heavy atom. The zero-order valence-electron chi connectivity index (χ0n) is 21.1. The highest BCUT2D eigenvalue weighted by Crippen LogP contribution is 2.19. The third-order valence-corrected chi connectivity index (χ3v) is 6.05. The first-order valence-electron chi connectivity index (χ1n) is 13.4. The van der Waals surface area contributed by atoms with E-state index < -0.39 is 0 Å². The van der Waals surface area contributed by atoms with Crippen LogP contribution in [0.4, 0.5) is 0 Å². The predicted octanol–water partition coefficient (Wildman–Crippen LogP) is 8.16. The van der Waals surface area contributed by atoms with E-state index >= 15 is 0 Å². The van der Waals surface area contributed by atoms with Crippen LogP contribution in [0, 0.1) is 5.92 Å². The summed E-state index contributed by atoms with van der Waals surface area (Å²) in [7, 11) is 0. The molecule has 0 aliphatic rings. The first-order valence-corrected chi connectivity index (χ1v) is 13.4. The molecule has 0 aromatic carbocycles. The van der Waals surface area contributed by atoms with Gasteiger partial charge >= 0.3 is 11.9 Å². The fourth-order valence-corrected chi connectivity index (χ4v) is 3.83. The molecule has 0 spiro atoms. The van der Waals surface area contributed by atoms with Gasteiger partial charge < -0.3 is 9.47 Å². The van der Waals surface area contributed by atoms with E-state index in [0.717, 1.165) is 64.2 Å². The highest BCUT2D eigenvalue weighted by molar-refractivity contribution is 5.69. The fourth-order valence-electron chi connectivity index (χ4n) is 3.83. The summed E-state index contributed by atoms with van der Waals surface area (Å²) in [6.45, 7) is 7.68. The van der Waals surface area contributed by atoms with Crippen molar-refractivity contribution in [3.05, 3.63) is 0 Å². The summed E-state index contributed by atoms with van der Waals surface area (Å²) in [5.41, 5.74) is 0. The van der Waals surface area contributed by atoms with Crippen molar-refractivity contribution < 1.29 is 19.1 Å². The molecule has 0 rings (SSSR count). The molecule has 1 unspecified atom stereocenters. The van der Waals surface area contributed by atoms with Crippen LogP contribution in [0.2, 0.25) is 0 Å². The third kappa shape index (κ3) is 21.9. The van der Waals surface area contributed by atoms with Crippen molar-refractivity contribution in [3.63, 3.8) is 0 Å². The smallest absolute Gasteiger partial charge is 0.306 e. The normalized spacial score (nSPS) is 12.0. The summed E-state index contributed by atoms with van der Waals surface area (Å²) in [4.78, 5) is 23.5. The van der Waals surface area contributed by atoms with Gasteiger partial charge in [-0.25, -0.2) is 0 Å². The standard InChI is InChI=1S/C27H52O4/c1-4-7-18-22-30-26(28)21-17-15-13-11-9-10-12-14-16-20-25(6-3)24-27(29)31-23-19-8-5-2/h25H,4-24H2,1-3H3. The van der Waals surface area contributed by atoms with E-state index in [4.69, 9.17) is 9.47 Å². The second-order valence-corrected chi connectivity index (χ2v) is 9.05. The van der Waals surface area contributed by atoms with Crippen molar-refractivity contribution >= 4 is 11.9 Å². The SMILES string of the molecule is CCCCCOC(=O)CCCCCCCCCCCC(CC)CC(=O)OCCCCC. The van der Waals surface area contributed by atoms with Gasteiger partial charge in [-0.3, -0.25) is 9.59 Å². The first-order chi connectivity index (χ1) is 15.1. The number of ether oxygens (including phenoxy) is 2. The van der Waals surface area contributed by atoms with Crippen LogP contribution in [0.1, 0.15) is 143 Å². The highest BCUT2D eigenvalue weighted by atomic mass is 16.5. The van der Waals surface area contributed by atoms with Crippen LogP contribution in [0.25, 0.3) is 0 Å². The number of carbonyl (C=O) groups excluding carboxylic acids is 2. The van der Waals surface area contributed by atoms with Gasteiger partial charge in [0.1, 0.15) is 0 Å². The lowest BCUT2D eigenvalue weighted by Crippen LogP contribution is -2.12. The van der Waals surface area contributed by atoms with Crippen molar-refractivity contribution in [2.24, 2.45) is 5.92 Å². The minimum atomic E-state index is -0.0220. The molecule has 0 heterocycles. The van der Waals surface area contributed by atoms with E-state index in [1.54, 1.807) is 0 Å². The summed E-state index contributed by atoms with van der Waals surface area (Å²) in [6, 6.07) is 0. The molecule has 184 valence electrons. The third-order valence-electron chi connectivity index (χ3n) is 6.05. The molecule has 0 radical (unpaired) electrons. The predicted molar refractivity (Wildman–Crippen MR) is 130 cm³/mol. The van der Waals surface area contributed by atoms with Crippen LogP contribution in [0.5, 0.6) is 0 Å². The van der Waals surface area contributed by atoms with Gasteiger partial charge in [-0.05, 0) is 31.6 Å². The molecule has 4 heteroatoms. The molecule has 0 saturated carbocycles. The van der Waals surface area contributed by atoms with E-state index in [0.29, 0.717) is 32.0 Å². The molecular weight excluding hydrogens is 388 g/mol. The van der Waals surface area contributed by atoms with E-state index in [-0.39, 0.29) is 11.9 Å². The largest absolute Gasteiger partial charge is 0.466 e. The minimum Gasteiger partial charge on any atom is -0.466 e. The number of carbonyl (C=O) groups is 2. The Balaban J connectivity index is 3.43. The Morgan fingerprint density at radius 2 is 1.06 bits per heavy atom. The monoisotopic (exact) mass is 440 g/mol. The molecule has 0 N–H and O–H groups in total. The molecule has 1 atom stereocenters. The van der Waals surface area contributed by atoms with Crippen LogP contribution in [-0.4, -0.2) is 25.2 Å². The van der Waals surface area contributed by atoms with Gasteiger partial charge in [-0.1, -0.05) is 104 Å². The molecule has 0 fully saturated rings. The van der Waals surface area contributed by atoms with Crippen LogP contribution < -0.4 is 0 Å². The molecular formula is C27H52O4. The maximum atomic E-state index is 11.9. The molecule has 4 nitrogen and oxygen atoms in total. The van der Waals surface area contributed by atoms with Crippen molar-refractivity contribution in [2.45, 2.75) is 143 Å². The van der Waals surface area contributed by atoms with Gasteiger partial charge in [-0.15, -0.1) is 0 Å². The molecule has 0 amide bonds. The Labute approximate surface area is 193 Å². The molecule has 31 heavy (non-hydrogen) atoms. The van der Waals surface area contributed by atoms with Crippen LogP contribution >= 0.6 is 0 Å². The first kappa shape index (κ1) is 29.9.